The van der Waals surface area contributed by atoms with E-state index in [0.717, 1.165) is 0 Å². The van der Waals surface area contributed by atoms with Gasteiger partial charge in [-0.25, -0.2) is 0 Å². The van der Waals surface area contributed by atoms with Gasteiger partial charge in [0.25, 0.3) is 0 Å². The average Bonchev–Trinajstić information content (AvgIpc) is 1.82. The Hall–Kier alpha value is -0.700. The van der Waals surface area contributed by atoms with Crippen molar-refractivity contribution in [2.45, 2.75) is 6.18 Å². The Balaban J connectivity index is 2.77. The second-order valence-corrected chi connectivity index (χ2v) is 2.68. The summed E-state index contributed by atoms with van der Waals surface area (Å²) in [5.74, 6) is 0. The van der Waals surface area contributed by atoms with Gasteiger partial charge < -0.3 is 0 Å². The molecule has 1 rings (SSSR count). The summed E-state index contributed by atoms with van der Waals surface area (Å²) in [7, 11) is 0. The Labute approximate surface area is 73.0 Å². The van der Waals surface area contributed by atoms with E-state index in [9.17, 15) is 13.2 Å². The van der Waals surface area contributed by atoms with Crippen molar-refractivity contribution in [3.8, 4) is 0 Å². The SMILES string of the molecule is FC(F)(F)[CH]c1cccc(Cl)c1. The third kappa shape index (κ3) is 3.13. The molecule has 0 saturated carbocycles. The van der Waals surface area contributed by atoms with Crippen molar-refractivity contribution in [3.05, 3.63) is 41.3 Å². The zero-order chi connectivity index (χ0) is 9.19. The summed E-state index contributed by atoms with van der Waals surface area (Å²) < 4.78 is 35.3. The third-order valence-electron chi connectivity index (χ3n) is 1.18. The topological polar surface area (TPSA) is 0 Å². The third-order valence-corrected chi connectivity index (χ3v) is 1.41. The van der Waals surface area contributed by atoms with Gasteiger partial charge in [-0.1, -0.05) is 23.7 Å². The van der Waals surface area contributed by atoms with Gasteiger partial charge >= 0.3 is 6.18 Å². The molecule has 1 radical (unpaired) electrons. The first-order valence-corrected chi connectivity index (χ1v) is 3.53. The molecule has 0 atom stereocenters. The molecule has 65 valence electrons. The van der Waals surface area contributed by atoms with Crippen LogP contribution in [0.15, 0.2) is 24.3 Å². The lowest BCUT2D eigenvalue weighted by atomic mass is 10.1. The van der Waals surface area contributed by atoms with Crippen LogP contribution in [0.4, 0.5) is 13.2 Å². The number of hydrogen-bond acceptors (Lipinski definition) is 0. The van der Waals surface area contributed by atoms with Crippen molar-refractivity contribution in [2.24, 2.45) is 0 Å². The highest BCUT2D eigenvalue weighted by Gasteiger charge is 2.28. The molecule has 0 N–H and O–H groups in total. The minimum atomic E-state index is -4.29. The monoisotopic (exact) mass is 193 g/mol. The number of alkyl halides is 3. The molecule has 0 saturated heterocycles. The highest BCUT2D eigenvalue weighted by Crippen LogP contribution is 2.24. The molecule has 0 aliphatic heterocycles. The maximum atomic E-state index is 11.8. The fraction of sp³-hybridized carbons (Fsp3) is 0.125. The fourth-order valence-electron chi connectivity index (χ4n) is 0.785. The van der Waals surface area contributed by atoms with Gasteiger partial charge in [0.05, 0.1) is 6.42 Å². The normalized spacial score (nSPS) is 11.7. The Morgan fingerprint density at radius 2 is 1.92 bits per heavy atom. The van der Waals surface area contributed by atoms with E-state index in [2.05, 4.69) is 0 Å². The summed E-state index contributed by atoms with van der Waals surface area (Å²) in [5, 5.41) is 0.299. The molecule has 12 heavy (non-hydrogen) atoms. The predicted molar refractivity (Wildman–Crippen MR) is 40.9 cm³/mol. The Kier molecular flexibility index (Phi) is 2.62. The predicted octanol–water partition coefficient (Wildman–Crippen LogP) is 3.45. The second kappa shape index (κ2) is 3.35. The molecular formula is C8H5ClF3. The first-order chi connectivity index (χ1) is 5.47. The van der Waals surface area contributed by atoms with Gasteiger partial charge in [-0.3, -0.25) is 0 Å². The summed E-state index contributed by atoms with van der Waals surface area (Å²) in [6.07, 6.45) is -4.08. The molecule has 0 nitrogen and oxygen atoms in total. The van der Waals surface area contributed by atoms with E-state index in [4.69, 9.17) is 11.6 Å². The number of halogens is 4. The lowest BCUT2D eigenvalue weighted by Gasteiger charge is -2.04. The largest absolute Gasteiger partial charge is 0.396 e. The summed E-state index contributed by atoms with van der Waals surface area (Å²) in [5.41, 5.74) is 0.0648. The molecule has 0 amide bonds. The molecule has 1 aromatic rings. The minimum Gasteiger partial charge on any atom is -0.170 e. The van der Waals surface area contributed by atoms with Crippen molar-refractivity contribution < 1.29 is 13.2 Å². The van der Waals surface area contributed by atoms with Crippen LogP contribution in [0.5, 0.6) is 0 Å². The molecule has 4 heteroatoms. The highest BCUT2D eigenvalue weighted by molar-refractivity contribution is 6.30. The highest BCUT2D eigenvalue weighted by atomic mass is 35.5. The van der Waals surface area contributed by atoms with Gasteiger partial charge in [0.1, 0.15) is 0 Å². The number of rotatable bonds is 1. The van der Waals surface area contributed by atoms with Crippen LogP contribution in [0.3, 0.4) is 0 Å². The van der Waals surface area contributed by atoms with E-state index in [1.165, 1.54) is 24.3 Å². The molecule has 0 fully saturated rings. The van der Waals surface area contributed by atoms with Crippen molar-refractivity contribution in [3.63, 3.8) is 0 Å². The molecular weight excluding hydrogens is 189 g/mol. The van der Waals surface area contributed by atoms with Crippen LogP contribution in [0.2, 0.25) is 5.02 Å². The van der Waals surface area contributed by atoms with Crippen molar-refractivity contribution >= 4 is 11.6 Å². The number of hydrogen-bond donors (Lipinski definition) is 0. The van der Waals surface area contributed by atoms with Crippen molar-refractivity contribution in [1.29, 1.82) is 0 Å². The average molecular weight is 194 g/mol. The molecule has 0 aliphatic rings. The van der Waals surface area contributed by atoms with Crippen LogP contribution >= 0.6 is 11.6 Å². The van der Waals surface area contributed by atoms with Crippen LogP contribution in [0.1, 0.15) is 5.56 Å². The molecule has 0 spiro atoms. The molecule has 0 heterocycles. The van der Waals surface area contributed by atoms with Gasteiger partial charge in [-0.05, 0) is 17.7 Å². The Morgan fingerprint density at radius 1 is 1.25 bits per heavy atom. The van der Waals surface area contributed by atoms with Crippen LogP contribution in [0.25, 0.3) is 0 Å². The molecule has 0 bridgehead atoms. The summed E-state index contributed by atoms with van der Waals surface area (Å²) in [6.45, 7) is 0. The second-order valence-electron chi connectivity index (χ2n) is 2.24. The number of benzene rings is 1. The molecule has 0 unspecified atom stereocenters. The van der Waals surface area contributed by atoms with Crippen molar-refractivity contribution in [2.75, 3.05) is 0 Å². The Morgan fingerprint density at radius 3 is 2.42 bits per heavy atom. The van der Waals surface area contributed by atoms with Crippen LogP contribution < -0.4 is 0 Å². The van der Waals surface area contributed by atoms with Crippen LogP contribution in [0, 0.1) is 6.42 Å². The van der Waals surface area contributed by atoms with E-state index >= 15 is 0 Å². The smallest absolute Gasteiger partial charge is 0.170 e. The first kappa shape index (κ1) is 9.39. The van der Waals surface area contributed by atoms with Gasteiger partial charge in [0.2, 0.25) is 0 Å². The van der Waals surface area contributed by atoms with E-state index in [0.29, 0.717) is 5.02 Å². The van der Waals surface area contributed by atoms with Gasteiger partial charge in [0, 0.05) is 5.02 Å². The van der Waals surface area contributed by atoms with E-state index < -0.39 is 6.18 Å². The zero-order valence-electron chi connectivity index (χ0n) is 5.90. The lowest BCUT2D eigenvalue weighted by Crippen LogP contribution is -2.08. The van der Waals surface area contributed by atoms with E-state index in [-0.39, 0.29) is 12.0 Å². The zero-order valence-corrected chi connectivity index (χ0v) is 6.65. The summed E-state index contributed by atoms with van der Waals surface area (Å²) in [4.78, 5) is 0. The summed E-state index contributed by atoms with van der Waals surface area (Å²) in [6, 6.07) is 5.60. The first-order valence-electron chi connectivity index (χ1n) is 3.15. The summed E-state index contributed by atoms with van der Waals surface area (Å²) >= 11 is 5.49. The van der Waals surface area contributed by atoms with Gasteiger partial charge in [0.15, 0.2) is 0 Å². The minimum absolute atomic E-state index is 0.0648. The Bertz CT molecular complexity index is 267. The van der Waals surface area contributed by atoms with Crippen LogP contribution in [-0.4, -0.2) is 6.18 Å². The van der Waals surface area contributed by atoms with Gasteiger partial charge in [-0.2, -0.15) is 13.2 Å². The van der Waals surface area contributed by atoms with Crippen molar-refractivity contribution in [1.82, 2.24) is 0 Å². The molecule has 1 aromatic carbocycles. The van der Waals surface area contributed by atoms with Crippen LogP contribution in [-0.2, 0) is 0 Å². The van der Waals surface area contributed by atoms with E-state index in [1.54, 1.807) is 0 Å². The molecule has 0 aliphatic carbocycles. The standard InChI is InChI=1S/C8H5ClF3/c9-7-3-1-2-6(4-7)5-8(10,11)12/h1-5H. The van der Waals surface area contributed by atoms with Gasteiger partial charge in [-0.15, -0.1) is 0 Å². The maximum absolute atomic E-state index is 11.8. The van der Waals surface area contributed by atoms with E-state index in [1.807, 2.05) is 0 Å². The molecule has 0 aromatic heterocycles. The quantitative estimate of drug-likeness (QED) is 0.641. The fourth-order valence-corrected chi connectivity index (χ4v) is 0.984. The maximum Gasteiger partial charge on any atom is 0.396 e. The lowest BCUT2D eigenvalue weighted by molar-refractivity contribution is -0.0927.